The van der Waals surface area contributed by atoms with Crippen LogP contribution in [-0.2, 0) is 12.8 Å². The standard InChI is InChI=1S/C8H12N4S.ClH/c9-7(10)12-8-11-5-3-1-2-4-6(5)13-8;/h1-4H2,(H4,9,10,11,12);1H. The highest BCUT2D eigenvalue weighted by molar-refractivity contribution is 7.15. The Morgan fingerprint density at radius 2 is 2.00 bits per heavy atom. The Labute approximate surface area is 92.8 Å². The normalized spacial score (nSPS) is 14.0. The molecule has 0 radical (unpaired) electrons. The maximum Gasteiger partial charge on any atom is 0.212 e. The molecular formula is C8H13ClN4S. The molecule has 1 aliphatic carbocycles. The molecule has 0 bridgehead atoms. The van der Waals surface area contributed by atoms with Gasteiger partial charge in [-0.1, -0.05) is 11.3 Å². The van der Waals surface area contributed by atoms with Crippen LogP contribution in [0.25, 0.3) is 0 Å². The first-order valence-electron chi connectivity index (χ1n) is 4.34. The Hall–Kier alpha value is -0.810. The summed E-state index contributed by atoms with van der Waals surface area (Å²) in [6.07, 6.45) is 4.70. The van der Waals surface area contributed by atoms with Crippen LogP contribution in [0.2, 0.25) is 0 Å². The topological polar surface area (TPSA) is 77.3 Å². The second-order valence-corrected chi connectivity index (χ2v) is 4.17. The maximum atomic E-state index is 5.28. The van der Waals surface area contributed by atoms with E-state index in [9.17, 15) is 0 Å². The predicted molar refractivity (Wildman–Crippen MR) is 61.5 cm³/mol. The molecule has 0 amide bonds. The number of hydrogen-bond acceptors (Lipinski definition) is 3. The molecule has 2 rings (SSSR count). The van der Waals surface area contributed by atoms with Gasteiger partial charge in [-0.25, -0.2) is 4.98 Å². The summed E-state index contributed by atoms with van der Waals surface area (Å²) in [6, 6.07) is 0. The number of hydrogen-bond donors (Lipinski definition) is 2. The summed E-state index contributed by atoms with van der Waals surface area (Å²) in [7, 11) is 0. The van der Waals surface area contributed by atoms with Crippen LogP contribution in [0.1, 0.15) is 23.4 Å². The first kappa shape index (κ1) is 11.3. The molecule has 4 nitrogen and oxygen atoms in total. The van der Waals surface area contributed by atoms with Gasteiger partial charge in [-0.2, -0.15) is 4.99 Å². The van der Waals surface area contributed by atoms with Crippen LogP contribution in [0.4, 0.5) is 5.13 Å². The van der Waals surface area contributed by atoms with Gasteiger partial charge >= 0.3 is 0 Å². The summed E-state index contributed by atoms with van der Waals surface area (Å²) in [5, 5.41) is 0.701. The van der Waals surface area contributed by atoms with E-state index in [1.54, 1.807) is 11.3 Å². The Bertz CT molecular complexity index is 320. The monoisotopic (exact) mass is 232 g/mol. The number of fused-ring (bicyclic) bond motifs is 1. The van der Waals surface area contributed by atoms with Crippen molar-refractivity contribution in [1.29, 1.82) is 0 Å². The first-order chi connectivity index (χ1) is 6.25. The van der Waals surface area contributed by atoms with Crippen molar-refractivity contribution in [2.24, 2.45) is 16.5 Å². The number of aromatic nitrogens is 1. The van der Waals surface area contributed by atoms with Gasteiger partial charge < -0.3 is 11.5 Å². The summed E-state index contributed by atoms with van der Waals surface area (Å²) in [4.78, 5) is 9.66. The van der Waals surface area contributed by atoms with Crippen molar-refractivity contribution in [3.05, 3.63) is 10.6 Å². The zero-order valence-corrected chi connectivity index (χ0v) is 9.33. The predicted octanol–water partition coefficient (Wildman–Crippen LogP) is 1.35. The third-order valence-electron chi connectivity index (χ3n) is 2.06. The van der Waals surface area contributed by atoms with Crippen LogP contribution < -0.4 is 11.5 Å². The molecule has 1 aromatic rings. The number of aryl methyl sites for hydroxylation is 2. The van der Waals surface area contributed by atoms with Crippen LogP contribution in [-0.4, -0.2) is 10.9 Å². The van der Waals surface area contributed by atoms with E-state index in [0.29, 0.717) is 5.13 Å². The van der Waals surface area contributed by atoms with Gasteiger partial charge in [0.15, 0.2) is 5.96 Å². The number of halogens is 1. The molecule has 0 atom stereocenters. The molecule has 0 saturated carbocycles. The van der Waals surface area contributed by atoms with Crippen molar-refractivity contribution >= 4 is 34.8 Å². The summed E-state index contributed by atoms with van der Waals surface area (Å²) in [6.45, 7) is 0. The molecule has 14 heavy (non-hydrogen) atoms. The molecule has 0 spiro atoms. The van der Waals surface area contributed by atoms with E-state index in [1.807, 2.05) is 0 Å². The van der Waals surface area contributed by atoms with Crippen LogP contribution >= 0.6 is 23.7 Å². The molecular weight excluding hydrogens is 220 g/mol. The van der Waals surface area contributed by atoms with E-state index >= 15 is 0 Å². The number of nitrogens with zero attached hydrogens (tertiary/aromatic N) is 2. The number of nitrogens with two attached hydrogens (primary N) is 2. The zero-order chi connectivity index (χ0) is 9.26. The Kier molecular flexibility index (Phi) is 3.71. The molecule has 0 unspecified atom stereocenters. The van der Waals surface area contributed by atoms with Crippen molar-refractivity contribution in [3.8, 4) is 0 Å². The largest absolute Gasteiger partial charge is 0.370 e. The molecule has 1 aliphatic rings. The summed E-state index contributed by atoms with van der Waals surface area (Å²) in [5.74, 6) is 0.0890. The number of rotatable bonds is 1. The fourth-order valence-corrected chi connectivity index (χ4v) is 2.54. The van der Waals surface area contributed by atoms with Gasteiger partial charge in [0, 0.05) is 4.88 Å². The van der Waals surface area contributed by atoms with E-state index < -0.39 is 0 Å². The minimum atomic E-state index is 0. The second kappa shape index (κ2) is 4.61. The molecule has 0 saturated heterocycles. The number of guanidine groups is 1. The molecule has 0 fully saturated rings. The minimum absolute atomic E-state index is 0. The SMILES string of the molecule is Cl.NC(N)=Nc1nc2c(s1)CCCC2. The van der Waals surface area contributed by atoms with Gasteiger partial charge in [-0.05, 0) is 25.7 Å². The van der Waals surface area contributed by atoms with Crippen molar-refractivity contribution in [2.75, 3.05) is 0 Å². The van der Waals surface area contributed by atoms with Gasteiger partial charge in [-0.15, -0.1) is 12.4 Å². The summed E-state index contributed by atoms with van der Waals surface area (Å²) < 4.78 is 0. The number of aliphatic imine (C=N–C) groups is 1. The lowest BCUT2D eigenvalue weighted by Crippen LogP contribution is -2.21. The number of thiazole rings is 1. The lowest BCUT2D eigenvalue weighted by Gasteiger charge is -2.06. The quantitative estimate of drug-likeness (QED) is 0.567. The maximum absolute atomic E-state index is 5.28. The highest BCUT2D eigenvalue weighted by atomic mass is 35.5. The van der Waals surface area contributed by atoms with Gasteiger partial charge in [-0.3, -0.25) is 0 Å². The van der Waals surface area contributed by atoms with Gasteiger partial charge in [0.25, 0.3) is 0 Å². The molecule has 1 heterocycles. The van der Waals surface area contributed by atoms with Crippen LogP contribution in [0.15, 0.2) is 4.99 Å². The van der Waals surface area contributed by atoms with Gasteiger partial charge in [0.2, 0.25) is 5.13 Å². The molecule has 0 aromatic carbocycles. The van der Waals surface area contributed by atoms with Crippen LogP contribution in [0.3, 0.4) is 0 Å². The van der Waals surface area contributed by atoms with E-state index in [-0.39, 0.29) is 18.4 Å². The van der Waals surface area contributed by atoms with E-state index in [4.69, 9.17) is 11.5 Å². The smallest absolute Gasteiger partial charge is 0.212 e. The highest BCUT2D eigenvalue weighted by Gasteiger charge is 2.14. The molecule has 0 aliphatic heterocycles. The second-order valence-electron chi connectivity index (χ2n) is 3.11. The molecule has 1 aromatic heterocycles. The molecule has 4 N–H and O–H groups in total. The Balaban J connectivity index is 0.000000980. The fraction of sp³-hybridized carbons (Fsp3) is 0.500. The van der Waals surface area contributed by atoms with Crippen molar-refractivity contribution < 1.29 is 0 Å². The molecule has 6 heteroatoms. The average Bonchev–Trinajstić information content (AvgIpc) is 2.44. The van der Waals surface area contributed by atoms with Crippen molar-refractivity contribution in [3.63, 3.8) is 0 Å². The zero-order valence-electron chi connectivity index (χ0n) is 7.69. The summed E-state index contributed by atoms with van der Waals surface area (Å²) >= 11 is 1.61. The molecule has 78 valence electrons. The van der Waals surface area contributed by atoms with E-state index in [1.165, 1.54) is 23.4 Å². The van der Waals surface area contributed by atoms with Gasteiger partial charge in [0.1, 0.15) is 0 Å². The average molecular weight is 233 g/mol. The minimum Gasteiger partial charge on any atom is -0.370 e. The first-order valence-corrected chi connectivity index (χ1v) is 5.15. The van der Waals surface area contributed by atoms with E-state index in [0.717, 1.165) is 12.8 Å². The Morgan fingerprint density at radius 1 is 1.29 bits per heavy atom. The van der Waals surface area contributed by atoms with E-state index in [2.05, 4.69) is 9.98 Å². The Morgan fingerprint density at radius 3 is 2.64 bits per heavy atom. The van der Waals surface area contributed by atoms with Crippen LogP contribution in [0.5, 0.6) is 0 Å². The lowest BCUT2D eigenvalue weighted by atomic mass is 10.0. The fourth-order valence-electron chi connectivity index (χ4n) is 1.50. The lowest BCUT2D eigenvalue weighted by molar-refractivity contribution is 0.682. The van der Waals surface area contributed by atoms with Crippen molar-refractivity contribution in [2.45, 2.75) is 25.7 Å². The van der Waals surface area contributed by atoms with Gasteiger partial charge in [0.05, 0.1) is 5.69 Å². The third kappa shape index (κ3) is 2.36. The van der Waals surface area contributed by atoms with Crippen molar-refractivity contribution in [1.82, 2.24) is 4.98 Å². The van der Waals surface area contributed by atoms with Crippen LogP contribution in [0, 0.1) is 0 Å². The summed E-state index contributed by atoms with van der Waals surface area (Å²) in [5.41, 5.74) is 11.7. The third-order valence-corrected chi connectivity index (χ3v) is 3.11. The highest BCUT2D eigenvalue weighted by Crippen LogP contribution is 2.30.